The number of rotatable bonds is 8. The van der Waals surface area contributed by atoms with Gasteiger partial charge in [0.05, 0.1) is 29.1 Å². The molecule has 1 aliphatic carbocycles. The van der Waals surface area contributed by atoms with Gasteiger partial charge in [0.25, 0.3) is 0 Å². The maximum atomic E-state index is 16.3. The highest BCUT2D eigenvalue weighted by molar-refractivity contribution is 7.92. The Balaban J connectivity index is 1.60. The van der Waals surface area contributed by atoms with Crippen LogP contribution >= 0.6 is 0 Å². The Morgan fingerprint density at radius 3 is 2.62 bits per heavy atom. The molecule has 1 fully saturated rings. The molecule has 0 bridgehead atoms. The number of nitrogens with one attached hydrogen (secondary N) is 2. The molecule has 3 heterocycles. The lowest BCUT2D eigenvalue weighted by atomic mass is 9.64. The number of pyridine rings is 2. The molecule has 0 saturated heterocycles. The van der Waals surface area contributed by atoms with Gasteiger partial charge in [-0.1, -0.05) is 20.3 Å². The van der Waals surface area contributed by atoms with E-state index >= 15 is 4.39 Å². The smallest absolute Gasteiger partial charge is 0.238 e. The van der Waals surface area contributed by atoms with Gasteiger partial charge in [0.15, 0.2) is 0 Å². The van der Waals surface area contributed by atoms with Crippen LogP contribution in [0.1, 0.15) is 38.7 Å². The van der Waals surface area contributed by atoms with E-state index in [0.717, 1.165) is 12.7 Å². The minimum atomic E-state index is -3.65. The Bertz CT molecular complexity index is 1500. The molecule has 196 valence electrons. The standard InChI is InChI=1S/C26H30FN5O4S/c1-15(2)28-10-11-36-24-19(31-37(4,34)35)12-16(13-30-24)17-6-7-18-21(23(17)27)22-20(14-29-18)32(3)25(33)26(22)8-5-9-26/h6-7,12-15,28,31H,5,8-11H2,1-4H3. The Labute approximate surface area is 215 Å². The highest BCUT2D eigenvalue weighted by Gasteiger charge is 2.55. The third-order valence-electron chi connectivity index (χ3n) is 7.06. The average Bonchev–Trinajstić information content (AvgIpc) is 3.03. The van der Waals surface area contributed by atoms with Crippen molar-refractivity contribution < 1.29 is 22.3 Å². The van der Waals surface area contributed by atoms with Gasteiger partial charge in [-0.2, -0.15) is 0 Å². The monoisotopic (exact) mass is 527 g/mol. The van der Waals surface area contributed by atoms with Crippen molar-refractivity contribution in [3.05, 3.63) is 42.0 Å². The van der Waals surface area contributed by atoms with Crippen molar-refractivity contribution in [2.75, 3.05) is 36.1 Å². The number of nitrogens with zero attached hydrogens (tertiary/aromatic N) is 3. The SMILES string of the molecule is CC(C)NCCOc1ncc(-c2ccc3ncc4c(c3c2F)C2(CCC2)C(=O)N4C)cc1NS(C)(=O)=O. The molecule has 1 aliphatic heterocycles. The van der Waals surface area contributed by atoms with Gasteiger partial charge < -0.3 is 15.0 Å². The van der Waals surface area contributed by atoms with Crippen LogP contribution in [0.15, 0.2) is 30.6 Å². The number of carbonyl (C=O) groups is 1. The molecule has 1 saturated carbocycles. The Morgan fingerprint density at radius 2 is 1.97 bits per heavy atom. The van der Waals surface area contributed by atoms with Crippen molar-refractivity contribution in [2.24, 2.45) is 0 Å². The summed E-state index contributed by atoms with van der Waals surface area (Å²) in [5.74, 6) is -0.440. The van der Waals surface area contributed by atoms with E-state index < -0.39 is 21.3 Å². The lowest BCUT2D eigenvalue weighted by molar-refractivity contribution is -0.125. The third kappa shape index (κ3) is 4.40. The number of likely N-dealkylation sites (N-methyl/N-ethyl adjacent to an activating group) is 1. The Morgan fingerprint density at radius 1 is 1.22 bits per heavy atom. The van der Waals surface area contributed by atoms with Gasteiger partial charge >= 0.3 is 0 Å². The zero-order valence-corrected chi connectivity index (χ0v) is 22.1. The Kier molecular flexibility index (Phi) is 6.31. The van der Waals surface area contributed by atoms with Gasteiger partial charge in [0.2, 0.25) is 21.8 Å². The van der Waals surface area contributed by atoms with Gasteiger partial charge in [-0.15, -0.1) is 0 Å². The lowest BCUT2D eigenvalue weighted by Gasteiger charge is -2.37. The summed E-state index contributed by atoms with van der Waals surface area (Å²) in [6.07, 6.45) is 6.37. The number of amides is 1. The van der Waals surface area contributed by atoms with Crippen molar-refractivity contribution in [2.45, 2.75) is 44.6 Å². The number of benzene rings is 1. The van der Waals surface area contributed by atoms with Crippen LogP contribution in [0.5, 0.6) is 5.88 Å². The highest BCUT2D eigenvalue weighted by Crippen LogP contribution is 2.55. The lowest BCUT2D eigenvalue weighted by Crippen LogP contribution is -2.44. The molecular formula is C26H30FN5O4S. The molecule has 0 unspecified atom stereocenters. The molecule has 37 heavy (non-hydrogen) atoms. The third-order valence-corrected chi connectivity index (χ3v) is 7.65. The number of halogens is 1. The van der Waals surface area contributed by atoms with Gasteiger partial charge in [0.1, 0.15) is 18.1 Å². The van der Waals surface area contributed by atoms with E-state index in [-0.39, 0.29) is 35.7 Å². The molecule has 2 aliphatic rings. The van der Waals surface area contributed by atoms with E-state index in [9.17, 15) is 13.2 Å². The normalized spacial score (nSPS) is 16.4. The van der Waals surface area contributed by atoms with Crippen molar-refractivity contribution in [3.8, 4) is 17.0 Å². The fraction of sp³-hybridized carbons (Fsp3) is 0.423. The molecule has 5 rings (SSSR count). The fourth-order valence-electron chi connectivity index (χ4n) is 5.21. The van der Waals surface area contributed by atoms with Crippen molar-refractivity contribution in [3.63, 3.8) is 0 Å². The van der Waals surface area contributed by atoms with E-state index in [1.807, 2.05) is 13.8 Å². The van der Waals surface area contributed by atoms with Gasteiger partial charge in [-0.05, 0) is 31.0 Å². The molecule has 3 aromatic rings. The van der Waals surface area contributed by atoms with Gasteiger partial charge in [-0.3, -0.25) is 14.5 Å². The molecule has 1 amide bonds. The van der Waals surface area contributed by atoms with Gasteiger partial charge in [0, 0.05) is 47.9 Å². The molecule has 9 nitrogen and oxygen atoms in total. The first-order valence-electron chi connectivity index (χ1n) is 12.3. The molecule has 1 aromatic carbocycles. The molecule has 0 radical (unpaired) electrons. The van der Waals surface area contributed by atoms with Crippen LogP contribution in [0.2, 0.25) is 0 Å². The molecule has 1 spiro atoms. The quantitative estimate of drug-likeness (QED) is 0.431. The van der Waals surface area contributed by atoms with E-state index in [0.29, 0.717) is 47.1 Å². The summed E-state index contributed by atoms with van der Waals surface area (Å²) in [7, 11) is -1.95. The average molecular weight is 528 g/mol. The number of aromatic nitrogens is 2. The second kappa shape index (κ2) is 9.21. The number of sulfonamides is 1. The number of carbonyl (C=O) groups excluding carboxylic acids is 1. The minimum Gasteiger partial charge on any atom is -0.475 e. The van der Waals surface area contributed by atoms with Crippen LogP contribution in [-0.2, 0) is 20.2 Å². The van der Waals surface area contributed by atoms with E-state index in [1.54, 1.807) is 30.3 Å². The fourth-order valence-corrected chi connectivity index (χ4v) is 5.76. The zero-order chi connectivity index (χ0) is 26.5. The van der Waals surface area contributed by atoms with Crippen LogP contribution < -0.4 is 19.7 Å². The summed E-state index contributed by atoms with van der Waals surface area (Å²) < 4.78 is 48.5. The topological polar surface area (TPSA) is 114 Å². The maximum absolute atomic E-state index is 16.3. The highest BCUT2D eigenvalue weighted by atomic mass is 32.2. The van der Waals surface area contributed by atoms with E-state index in [2.05, 4.69) is 20.0 Å². The second-order valence-corrected chi connectivity index (χ2v) is 11.8. The molecule has 11 heteroatoms. The summed E-state index contributed by atoms with van der Waals surface area (Å²) in [5, 5.41) is 3.54. The molecular weight excluding hydrogens is 497 g/mol. The summed E-state index contributed by atoms with van der Waals surface area (Å²) in [4.78, 5) is 23.4. The number of ether oxygens (including phenoxy) is 1. The molecule has 2 N–H and O–H groups in total. The van der Waals surface area contributed by atoms with Crippen LogP contribution in [0.25, 0.3) is 22.0 Å². The molecule has 0 atom stereocenters. The summed E-state index contributed by atoms with van der Waals surface area (Å²) in [6.45, 7) is 4.83. The van der Waals surface area contributed by atoms with E-state index in [1.165, 1.54) is 12.3 Å². The Hall–Kier alpha value is -3.31. The molecule has 2 aromatic heterocycles. The van der Waals surface area contributed by atoms with Crippen molar-refractivity contribution in [1.29, 1.82) is 0 Å². The summed E-state index contributed by atoms with van der Waals surface area (Å²) >= 11 is 0. The number of fused-ring (bicyclic) bond motifs is 4. The minimum absolute atomic E-state index is 0.0254. The van der Waals surface area contributed by atoms with Crippen LogP contribution in [0.4, 0.5) is 15.8 Å². The maximum Gasteiger partial charge on any atom is 0.238 e. The van der Waals surface area contributed by atoms with E-state index in [4.69, 9.17) is 4.74 Å². The van der Waals surface area contributed by atoms with Gasteiger partial charge in [-0.25, -0.2) is 17.8 Å². The summed E-state index contributed by atoms with van der Waals surface area (Å²) in [5.41, 5.74) is 1.79. The largest absolute Gasteiger partial charge is 0.475 e. The van der Waals surface area contributed by atoms with Crippen LogP contribution in [-0.4, -0.2) is 56.8 Å². The zero-order valence-electron chi connectivity index (χ0n) is 21.3. The van der Waals surface area contributed by atoms with Crippen LogP contribution in [0, 0.1) is 5.82 Å². The number of hydrogen-bond acceptors (Lipinski definition) is 7. The first-order chi connectivity index (χ1) is 17.5. The number of anilines is 2. The predicted octanol–water partition coefficient (Wildman–Crippen LogP) is 3.58. The van der Waals surface area contributed by atoms with Crippen LogP contribution in [0.3, 0.4) is 0 Å². The summed E-state index contributed by atoms with van der Waals surface area (Å²) in [6, 6.07) is 5.10. The van der Waals surface area contributed by atoms with Crippen molar-refractivity contribution >= 4 is 38.2 Å². The first kappa shape index (κ1) is 25.3. The predicted molar refractivity (Wildman–Crippen MR) is 141 cm³/mol. The first-order valence-corrected chi connectivity index (χ1v) is 14.2. The number of hydrogen-bond donors (Lipinski definition) is 2. The van der Waals surface area contributed by atoms with Crippen molar-refractivity contribution in [1.82, 2.24) is 15.3 Å². The second-order valence-electron chi connectivity index (χ2n) is 10.0.